The number of unbranched alkanes of at least 4 members (excludes halogenated alkanes) is 1. The van der Waals surface area contributed by atoms with E-state index in [0.29, 0.717) is 11.8 Å². The van der Waals surface area contributed by atoms with Crippen molar-refractivity contribution < 1.29 is 10.2 Å². The van der Waals surface area contributed by atoms with Crippen LogP contribution in [-0.2, 0) is 0 Å². The summed E-state index contributed by atoms with van der Waals surface area (Å²) in [6, 6.07) is 43.2. The van der Waals surface area contributed by atoms with Gasteiger partial charge in [-0.15, -0.1) is 0 Å². The van der Waals surface area contributed by atoms with Gasteiger partial charge >= 0.3 is 0 Å². The largest absolute Gasteiger partial charge is 0.392 e. The lowest BCUT2D eigenvalue weighted by atomic mass is 9.50. The van der Waals surface area contributed by atoms with Gasteiger partial charge in [-0.2, -0.15) is 0 Å². The molecule has 2 nitrogen and oxygen atoms in total. The lowest BCUT2D eigenvalue weighted by molar-refractivity contribution is -0.0568. The van der Waals surface area contributed by atoms with E-state index >= 15 is 0 Å². The molecular weight excluding hydrogens is 548 g/mol. The zero-order chi connectivity index (χ0) is 31.2. The second kappa shape index (κ2) is 14.5. The molecule has 2 aliphatic rings. The molecule has 0 radical (unpaired) electrons. The van der Waals surface area contributed by atoms with Crippen LogP contribution in [0.5, 0.6) is 0 Å². The van der Waals surface area contributed by atoms with E-state index in [4.69, 9.17) is 0 Å². The van der Waals surface area contributed by atoms with Crippen molar-refractivity contribution in [3.8, 4) is 0 Å². The lowest BCUT2D eigenvalue weighted by Gasteiger charge is -2.55. The minimum atomic E-state index is -0.408. The molecule has 0 spiro atoms. The van der Waals surface area contributed by atoms with Gasteiger partial charge in [0.1, 0.15) is 0 Å². The van der Waals surface area contributed by atoms with Gasteiger partial charge in [-0.05, 0) is 78.0 Å². The smallest absolute Gasteiger partial charge is 0.0677 e. The zero-order valence-corrected chi connectivity index (χ0v) is 27.2. The third-order valence-electron chi connectivity index (χ3n) is 12.0. The molecule has 2 saturated carbocycles. The molecule has 0 heterocycles. The highest BCUT2D eigenvalue weighted by Crippen LogP contribution is 2.61. The van der Waals surface area contributed by atoms with Crippen LogP contribution in [0.2, 0.25) is 0 Å². The van der Waals surface area contributed by atoms with E-state index in [1.807, 2.05) is 0 Å². The van der Waals surface area contributed by atoms with Crippen molar-refractivity contribution in [2.75, 3.05) is 0 Å². The fourth-order valence-electron chi connectivity index (χ4n) is 9.61. The summed E-state index contributed by atoms with van der Waals surface area (Å²) in [5, 5.41) is 24.1. The Morgan fingerprint density at radius 3 is 1.02 bits per heavy atom. The van der Waals surface area contributed by atoms with Gasteiger partial charge in [-0.3, -0.25) is 0 Å². The topological polar surface area (TPSA) is 40.5 Å². The second-order valence-corrected chi connectivity index (χ2v) is 14.1. The Morgan fingerprint density at radius 2 is 0.778 bits per heavy atom. The first-order chi connectivity index (χ1) is 22.1. The maximum Gasteiger partial charge on any atom is 0.0677 e. The molecule has 0 amide bonds. The molecule has 236 valence electrons. The van der Waals surface area contributed by atoms with E-state index in [2.05, 4.69) is 135 Å². The van der Waals surface area contributed by atoms with Crippen LogP contribution in [0.4, 0.5) is 0 Å². The number of aliphatic hydroxyl groups excluding tert-OH is 2. The van der Waals surface area contributed by atoms with Crippen molar-refractivity contribution in [3.05, 3.63) is 144 Å². The summed E-state index contributed by atoms with van der Waals surface area (Å²) in [5.41, 5.74) is 5.18. The molecule has 0 bridgehead atoms. The van der Waals surface area contributed by atoms with Crippen molar-refractivity contribution in [2.24, 2.45) is 17.3 Å². The van der Waals surface area contributed by atoms with Crippen molar-refractivity contribution in [1.82, 2.24) is 0 Å². The molecule has 2 aliphatic carbocycles. The van der Waals surface area contributed by atoms with E-state index in [9.17, 15) is 10.2 Å². The van der Waals surface area contributed by atoms with E-state index in [-0.39, 0.29) is 29.1 Å². The van der Waals surface area contributed by atoms with Crippen LogP contribution in [0.15, 0.2) is 121 Å². The third kappa shape index (κ3) is 6.56. The maximum atomic E-state index is 12.1. The molecule has 2 fully saturated rings. The van der Waals surface area contributed by atoms with Crippen molar-refractivity contribution in [3.63, 3.8) is 0 Å². The van der Waals surface area contributed by atoms with Gasteiger partial charge in [0.05, 0.1) is 12.2 Å². The normalized spacial score (nSPS) is 30.0. The molecule has 4 aromatic carbocycles. The summed E-state index contributed by atoms with van der Waals surface area (Å²) in [7, 11) is 0. The maximum absolute atomic E-state index is 12.1. The number of aliphatic hydroxyl groups is 2. The monoisotopic (exact) mass is 600 g/mol. The molecule has 4 aromatic rings. The first kappa shape index (κ1) is 31.8. The minimum Gasteiger partial charge on any atom is -0.392 e. The number of hydrogen-bond acceptors (Lipinski definition) is 2. The Balaban J connectivity index is 1.45. The third-order valence-corrected chi connectivity index (χ3v) is 12.0. The van der Waals surface area contributed by atoms with E-state index in [1.54, 1.807) is 0 Å². The van der Waals surface area contributed by atoms with Crippen LogP contribution in [-0.4, -0.2) is 22.4 Å². The summed E-state index contributed by atoms with van der Waals surface area (Å²) in [4.78, 5) is 0. The van der Waals surface area contributed by atoms with Crippen molar-refractivity contribution in [1.29, 1.82) is 0 Å². The van der Waals surface area contributed by atoms with Crippen LogP contribution in [0.25, 0.3) is 0 Å². The zero-order valence-electron chi connectivity index (χ0n) is 27.2. The SMILES string of the molecule is CCCCC(CC)(C1CC(c2ccccc2)C(O)C(c2ccccc2)C1)C1CC(c2ccccc2)C(O)C(c2ccccc2)C1. The molecule has 4 unspecified atom stereocenters. The molecule has 4 atom stereocenters. The average Bonchev–Trinajstić information content (AvgIpc) is 3.11. The van der Waals surface area contributed by atoms with Gasteiger partial charge in [0.25, 0.3) is 0 Å². The molecule has 0 aromatic heterocycles. The Morgan fingerprint density at radius 1 is 0.489 bits per heavy atom. The molecule has 45 heavy (non-hydrogen) atoms. The van der Waals surface area contributed by atoms with Crippen LogP contribution < -0.4 is 0 Å². The van der Waals surface area contributed by atoms with Crippen LogP contribution in [0.3, 0.4) is 0 Å². The minimum absolute atomic E-state index is 0.103. The fraction of sp³-hybridized carbons (Fsp3) is 0.442. The first-order valence-electron chi connectivity index (χ1n) is 17.6. The van der Waals surface area contributed by atoms with Crippen molar-refractivity contribution >= 4 is 0 Å². The summed E-state index contributed by atoms with van der Waals surface area (Å²) in [5.74, 6) is 1.36. The molecule has 2 heteroatoms. The highest BCUT2D eigenvalue weighted by molar-refractivity contribution is 5.31. The Hall–Kier alpha value is -3.20. The van der Waals surface area contributed by atoms with Gasteiger partial charge in [0.15, 0.2) is 0 Å². The van der Waals surface area contributed by atoms with Gasteiger partial charge in [-0.25, -0.2) is 0 Å². The Bertz CT molecular complexity index is 1230. The highest BCUT2D eigenvalue weighted by atomic mass is 16.3. The first-order valence-corrected chi connectivity index (χ1v) is 17.6. The predicted octanol–water partition coefficient (Wildman–Crippen LogP) is 10.2. The lowest BCUT2D eigenvalue weighted by Crippen LogP contribution is -2.48. The fourth-order valence-corrected chi connectivity index (χ4v) is 9.61. The van der Waals surface area contributed by atoms with Crippen LogP contribution in [0, 0.1) is 17.3 Å². The number of hydrogen-bond donors (Lipinski definition) is 2. The van der Waals surface area contributed by atoms with E-state index in [1.165, 1.54) is 41.5 Å². The summed E-state index contributed by atoms with van der Waals surface area (Å²) < 4.78 is 0. The number of benzene rings is 4. The summed E-state index contributed by atoms with van der Waals surface area (Å²) in [6.07, 6.45) is 7.95. The van der Waals surface area contributed by atoms with Crippen molar-refractivity contribution in [2.45, 2.75) is 101 Å². The molecule has 0 saturated heterocycles. The van der Waals surface area contributed by atoms with Gasteiger partial charge in [-0.1, -0.05) is 148 Å². The van der Waals surface area contributed by atoms with Gasteiger partial charge < -0.3 is 10.2 Å². The molecule has 0 aliphatic heterocycles. The summed E-state index contributed by atoms with van der Waals surface area (Å²) in [6.45, 7) is 4.77. The predicted molar refractivity (Wildman–Crippen MR) is 186 cm³/mol. The van der Waals surface area contributed by atoms with E-state index < -0.39 is 12.2 Å². The average molecular weight is 601 g/mol. The summed E-state index contributed by atoms with van der Waals surface area (Å²) >= 11 is 0. The quantitative estimate of drug-likeness (QED) is 0.190. The van der Waals surface area contributed by atoms with Crippen LogP contribution >= 0.6 is 0 Å². The molecule has 6 rings (SSSR count). The molecular formula is C43H52O2. The number of rotatable bonds is 10. The Labute approximate surface area is 271 Å². The Kier molecular flexibility index (Phi) is 10.2. The van der Waals surface area contributed by atoms with Crippen LogP contribution in [0.1, 0.15) is 111 Å². The van der Waals surface area contributed by atoms with Gasteiger partial charge in [0, 0.05) is 23.7 Å². The second-order valence-electron chi connectivity index (χ2n) is 14.1. The van der Waals surface area contributed by atoms with E-state index in [0.717, 1.165) is 32.1 Å². The highest BCUT2D eigenvalue weighted by Gasteiger charge is 2.52. The molecule has 2 N–H and O–H groups in total. The standard InChI is InChI=1S/C43H52O2/c1-3-5-26-43(4-2,35-27-37(31-18-10-6-11-19-31)41(44)38(28-35)32-20-12-7-13-21-32)36-29-39(33-22-14-8-15-23-33)42(45)40(30-36)34-24-16-9-17-25-34/h6-25,35-42,44-45H,3-5,26-30H2,1-2H3. The van der Waals surface area contributed by atoms with Gasteiger partial charge in [0.2, 0.25) is 0 Å².